The molecule has 0 aliphatic carbocycles. The first-order valence-corrected chi connectivity index (χ1v) is 8.06. The van der Waals surface area contributed by atoms with E-state index in [2.05, 4.69) is 0 Å². The topological polar surface area (TPSA) is 37.4 Å². The van der Waals surface area contributed by atoms with Crippen LogP contribution in [0.25, 0.3) is 0 Å². The summed E-state index contributed by atoms with van der Waals surface area (Å²) in [6, 6.07) is 13.1. The molecule has 4 heteroatoms. The lowest BCUT2D eigenvalue weighted by Gasteiger charge is -2.23. The van der Waals surface area contributed by atoms with Crippen molar-refractivity contribution in [3.8, 4) is 0 Å². The van der Waals surface area contributed by atoms with Crippen LogP contribution < -0.4 is 0 Å². The lowest BCUT2D eigenvalue weighted by Crippen LogP contribution is -2.36. The van der Waals surface area contributed by atoms with Crippen LogP contribution >= 0.6 is 11.3 Å². The van der Waals surface area contributed by atoms with Gasteiger partial charge in [-0.1, -0.05) is 36.4 Å². The molecule has 1 saturated heterocycles. The third-order valence-corrected chi connectivity index (χ3v) is 4.74. The van der Waals surface area contributed by atoms with Crippen molar-refractivity contribution in [2.24, 2.45) is 0 Å². The fraction of sp³-hybridized carbons (Fsp3) is 0.294. The Balaban J connectivity index is 1.70. The number of rotatable bonds is 4. The van der Waals surface area contributed by atoms with Crippen molar-refractivity contribution in [3.63, 3.8) is 0 Å². The fourth-order valence-electron chi connectivity index (χ4n) is 2.81. The first-order valence-electron chi connectivity index (χ1n) is 7.18. The van der Waals surface area contributed by atoms with Crippen LogP contribution in [0.3, 0.4) is 0 Å². The van der Waals surface area contributed by atoms with Crippen LogP contribution in [0.2, 0.25) is 0 Å². The van der Waals surface area contributed by atoms with Crippen LogP contribution in [0.4, 0.5) is 0 Å². The summed E-state index contributed by atoms with van der Waals surface area (Å²) in [6.07, 6.45) is 2.31. The maximum absolute atomic E-state index is 12.5. The number of carbonyl (C=O) groups excluding carboxylic acids is 2. The van der Waals surface area contributed by atoms with Gasteiger partial charge in [0, 0.05) is 24.6 Å². The predicted molar refractivity (Wildman–Crippen MR) is 83.8 cm³/mol. The smallest absolute Gasteiger partial charge is 0.264 e. The Hall–Kier alpha value is -1.94. The number of benzene rings is 1. The highest BCUT2D eigenvalue weighted by molar-refractivity contribution is 7.12. The van der Waals surface area contributed by atoms with Gasteiger partial charge in [-0.3, -0.25) is 9.59 Å². The van der Waals surface area contributed by atoms with Crippen LogP contribution in [-0.4, -0.2) is 29.2 Å². The molecule has 0 saturated carbocycles. The van der Waals surface area contributed by atoms with Gasteiger partial charge in [0.1, 0.15) is 0 Å². The molecule has 0 radical (unpaired) electrons. The molecule has 1 aliphatic rings. The Morgan fingerprint density at radius 2 is 1.95 bits per heavy atom. The van der Waals surface area contributed by atoms with Gasteiger partial charge >= 0.3 is 0 Å². The monoisotopic (exact) mass is 299 g/mol. The number of ketones is 1. The molecule has 1 atom stereocenters. The van der Waals surface area contributed by atoms with E-state index in [1.807, 2.05) is 52.7 Å². The summed E-state index contributed by atoms with van der Waals surface area (Å²) in [5, 5.41) is 1.91. The number of Topliss-reactive ketones (excluding diaryl/α,β-unsaturated/α-hetero) is 1. The molecule has 108 valence electrons. The summed E-state index contributed by atoms with van der Waals surface area (Å²) in [5.41, 5.74) is 0.730. The standard InChI is InChI=1S/C17H17NO2S/c19-15(13-6-2-1-3-7-13)12-14-8-4-10-18(14)17(20)16-9-5-11-21-16/h1-3,5-7,9,11,14H,4,8,10,12H2/t14-/m0/s1. The average molecular weight is 299 g/mol. The van der Waals surface area contributed by atoms with Crippen LogP contribution in [0.15, 0.2) is 47.8 Å². The van der Waals surface area contributed by atoms with Gasteiger partial charge in [-0.05, 0) is 24.3 Å². The number of hydrogen-bond donors (Lipinski definition) is 0. The van der Waals surface area contributed by atoms with Crippen LogP contribution in [0.1, 0.15) is 39.3 Å². The molecular weight excluding hydrogens is 282 g/mol. The van der Waals surface area contributed by atoms with Crippen molar-refractivity contribution in [2.75, 3.05) is 6.54 Å². The number of amides is 1. The second kappa shape index (κ2) is 6.22. The molecule has 1 aliphatic heterocycles. The summed E-state index contributed by atoms with van der Waals surface area (Å²) in [4.78, 5) is 27.4. The van der Waals surface area contributed by atoms with Gasteiger partial charge < -0.3 is 4.90 Å². The Morgan fingerprint density at radius 1 is 1.14 bits per heavy atom. The highest BCUT2D eigenvalue weighted by atomic mass is 32.1. The lowest BCUT2D eigenvalue weighted by atomic mass is 10.0. The summed E-state index contributed by atoms with van der Waals surface area (Å²) >= 11 is 1.46. The molecule has 0 N–H and O–H groups in total. The summed E-state index contributed by atoms with van der Waals surface area (Å²) in [6.45, 7) is 0.753. The van der Waals surface area contributed by atoms with Crippen LogP contribution in [0.5, 0.6) is 0 Å². The first-order chi connectivity index (χ1) is 10.3. The Bertz CT molecular complexity index is 622. The number of hydrogen-bond acceptors (Lipinski definition) is 3. The molecule has 0 unspecified atom stereocenters. The Labute approximate surface area is 128 Å². The zero-order valence-electron chi connectivity index (χ0n) is 11.7. The molecule has 2 heterocycles. The van der Waals surface area contributed by atoms with E-state index in [0.717, 1.165) is 29.8 Å². The molecule has 2 aromatic rings. The normalized spacial score (nSPS) is 17.9. The van der Waals surface area contributed by atoms with Crippen molar-refractivity contribution in [1.29, 1.82) is 0 Å². The minimum atomic E-state index is 0.0345. The lowest BCUT2D eigenvalue weighted by molar-refractivity contribution is 0.0721. The molecule has 21 heavy (non-hydrogen) atoms. The van der Waals surface area contributed by atoms with E-state index in [-0.39, 0.29) is 17.7 Å². The highest BCUT2D eigenvalue weighted by Gasteiger charge is 2.31. The van der Waals surface area contributed by atoms with E-state index >= 15 is 0 Å². The quantitative estimate of drug-likeness (QED) is 0.809. The second-order valence-corrected chi connectivity index (χ2v) is 6.21. The molecule has 1 aromatic heterocycles. The SMILES string of the molecule is O=C(C[C@@H]1CCCN1C(=O)c1cccs1)c1ccccc1. The average Bonchev–Trinajstić information content (AvgIpc) is 3.19. The maximum Gasteiger partial charge on any atom is 0.264 e. The zero-order chi connectivity index (χ0) is 14.7. The van der Waals surface area contributed by atoms with E-state index < -0.39 is 0 Å². The zero-order valence-corrected chi connectivity index (χ0v) is 12.5. The maximum atomic E-state index is 12.5. The van der Waals surface area contributed by atoms with Gasteiger partial charge in [-0.2, -0.15) is 0 Å². The largest absolute Gasteiger partial charge is 0.335 e. The minimum absolute atomic E-state index is 0.0345. The van der Waals surface area contributed by atoms with Crippen molar-refractivity contribution in [1.82, 2.24) is 4.90 Å². The number of thiophene rings is 1. The van der Waals surface area contributed by atoms with Crippen LogP contribution in [-0.2, 0) is 0 Å². The molecule has 1 amide bonds. The molecule has 0 spiro atoms. The first kappa shape index (κ1) is 14.0. The number of likely N-dealkylation sites (tertiary alicyclic amines) is 1. The van der Waals surface area contributed by atoms with E-state index in [4.69, 9.17) is 0 Å². The second-order valence-electron chi connectivity index (χ2n) is 5.27. The van der Waals surface area contributed by atoms with Gasteiger partial charge in [0.15, 0.2) is 5.78 Å². The van der Waals surface area contributed by atoms with Crippen molar-refractivity contribution >= 4 is 23.0 Å². The third kappa shape index (κ3) is 3.05. The van der Waals surface area contributed by atoms with Crippen molar-refractivity contribution in [2.45, 2.75) is 25.3 Å². The molecule has 3 rings (SSSR count). The highest BCUT2D eigenvalue weighted by Crippen LogP contribution is 2.25. The number of carbonyl (C=O) groups is 2. The van der Waals surface area contributed by atoms with Crippen molar-refractivity contribution in [3.05, 3.63) is 58.3 Å². The van der Waals surface area contributed by atoms with E-state index in [0.29, 0.717) is 6.42 Å². The third-order valence-electron chi connectivity index (χ3n) is 3.89. The van der Waals surface area contributed by atoms with Gasteiger partial charge in [0.2, 0.25) is 0 Å². The van der Waals surface area contributed by atoms with E-state index in [9.17, 15) is 9.59 Å². The molecule has 1 fully saturated rings. The Kier molecular flexibility index (Phi) is 4.15. The summed E-state index contributed by atoms with van der Waals surface area (Å²) < 4.78 is 0. The molecule has 1 aromatic carbocycles. The summed E-state index contributed by atoms with van der Waals surface area (Å²) in [7, 11) is 0. The number of nitrogens with zero attached hydrogens (tertiary/aromatic N) is 1. The molecule has 3 nitrogen and oxygen atoms in total. The Morgan fingerprint density at radius 3 is 2.67 bits per heavy atom. The van der Waals surface area contributed by atoms with E-state index in [1.54, 1.807) is 0 Å². The van der Waals surface area contributed by atoms with Gasteiger partial charge in [0.05, 0.1) is 4.88 Å². The minimum Gasteiger partial charge on any atom is -0.335 e. The van der Waals surface area contributed by atoms with Crippen LogP contribution in [0, 0.1) is 0 Å². The van der Waals surface area contributed by atoms with Gasteiger partial charge in [-0.15, -0.1) is 11.3 Å². The predicted octanol–water partition coefficient (Wildman–Crippen LogP) is 3.63. The van der Waals surface area contributed by atoms with Gasteiger partial charge in [0.25, 0.3) is 5.91 Å². The molecular formula is C17H17NO2S. The fourth-order valence-corrected chi connectivity index (χ4v) is 3.49. The molecule has 0 bridgehead atoms. The van der Waals surface area contributed by atoms with E-state index in [1.165, 1.54) is 11.3 Å². The van der Waals surface area contributed by atoms with Crippen molar-refractivity contribution < 1.29 is 9.59 Å². The van der Waals surface area contributed by atoms with Gasteiger partial charge in [-0.25, -0.2) is 0 Å². The summed E-state index contributed by atoms with van der Waals surface area (Å²) in [5.74, 6) is 0.180.